The molecule has 1 N–H and O–H groups in total. The minimum absolute atomic E-state index is 0. The van der Waals surface area contributed by atoms with Crippen molar-refractivity contribution < 1.29 is 4.74 Å². The van der Waals surface area contributed by atoms with Gasteiger partial charge in [0.1, 0.15) is 12.4 Å². The molecule has 0 aromatic heterocycles. The molecule has 0 radical (unpaired) electrons. The molecule has 1 aromatic rings. The Kier molecular flexibility index (Phi) is 12.5. The van der Waals surface area contributed by atoms with Crippen molar-refractivity contribution in [3.63, 3.8) is 0 Å². The van der Waals surface area contributed by atoms with Crippen LogP contribution >= 0.6 is 35.7 Å². The van der Waals surface area contributed by atoms with Crippen molar-refractivity contribution in [3.05, 3.63) is 30.3 Å². The molecule has 0 saturated heterocycles. The third-order valence-electron chi connectivity index (χ3n) is 3.04. The number of guanidine groups is 1. The van der Waals surface area contributed by atoms with E-state index in [0.717, 1.165) is 31.3 Å². The lowest BCUT2D eigenvalue weighted by atomic mass is 10.3. The van der Waals surface area contributed by atoms with Gasteiger partial charge in [0.15, 0.2) is 5.96 Å². The minimum atomic E-state index is 0. The van der Waals surface area contributed by atoms with Crippen LogP contribution in [0.5, 0.6) is 5.75 Å². The fourth-order valence-corrected chi connectivity index (χ4v) is 1.91. The molecule has 1 rings (SSSR count). The van der Waals surface area contributed by atoms with Gasteiger partial charge in [-0.25, -0.2) is 0 Å². The maximum absolute atomic E-state index is 5.72. The highest BCUT2D eigenvalue weighted by Gasteiger charge is 2.06. The van der Waals surface area contributed by atoms with E-state index in [1.54, 1.807) is 0 Å². The van der Waals surface area contributed by atoms with E-state index in [1.165, 1.54) is 0 Å². The van der Waals surface area contributed by atoms with Gasteiger partial charge in [-0.05, 0) is 25.3 Å². The number of likely N-dealkylation sites (N-methyl/N-ethyl adjacent to an activating group) is 1. The van der Waals surface area contributed by atoms with Gasteiger partial charge in [-0.15, -0.1) is 24.0 Å². The molecule has 0 aliphatic rings. The van der Waals surface area contributed by atoms with E-state index in [9.17, 15) is 0 Å². The van der Waals surface area contributed by atoms with E-state index < -0.39 is 0 Å². The summed E-state index contributed by atoms with van der Waals surface area (Å²) in [5, 5.41) is 3.86. The predicted molar refractivity (Wildman–Crippen MR) is 109 cm³/mol. The lowest BCUT2D eigenvalue weighted by Gasteiger charge is -2.22. The van der Waals surface area contributed by atoms with E-state index in [2.05, 4.69) is 35.3 Å². The molecule has 126 valence electrons. The van der Waals surface area contributed by atoms with Gasteiger partial charge < -0.3 is 15.0 Å². The number of nitrogens with one attached hydrogen (secondary N) is 1. The summed E-state index contributed by atoms with van der Waals surface area (Å²) in [5.41, 5.74) is 0. The highest BCUT2D eigenvalue weighted by Crippen LogP contribution is 2.08. The molecule has 0 fully saturated rings. The van der Waals surface area contributed by atoms with Gasteiger partial charge in [-0.1, -0.05) is 25.1 Å². The number of hydrogen-bond acceptors (Lipinski definition) is 3. The molecule has 0 heterocycles. The Morgan fingerprint density at radius 1 is 1.36 bits per heavy atom. The SMILES string of the molecule is CCNC(=NCC(C)SC)N(C)CCOc1ccccc1.I. The summed E-state index contributed by atoms with van der Waals surface area (Å²) < 4.78 is 5.72. The van der Waals surface area contributed by atoms with Crippen LogP contribution in [-0.4, -0.2) is 55.7 Å². The van der Waals surface area contributed by atoms with Gasteiger partial charge in [-0.2, -0.15) is 11.8 Å². The van der Waals surface area contributed by atoms with E-state index in [0.29, 0.717) is 11.9 Å². The van der Waals surface area contributed by atoms with E-state index >= 15 is 0 Å². The molecule has 1 unspecified atom stereocenters. The molecule has 0 bridgehead atoms. The summed E-state index contributed by atoms with van der Waals surface area (Å²) in [6.45, 7) is 7.42. The molecule has 1 aromatic carbocycles. The average Bonchev–Trinajstić information content (AvgIpc) is 2.51. The number of aliphatic imine (C=N–C) groups is 1. The van der Waals surface area contributed by atoms with Gasteiger partial charge in [0.25, 0.3) is 0 Å². The first-order chi connectivity index (χ1) is 10.2. The largest absolute Gasteiger partial charge is 0.492 e. The minimum Gasteiger partial charge on any atom is -0.492 e. The fraction of sp³-hybridized carbons (Fsp3) is 0.562. The number of ether oxygens (including phenoxy) is 1. The first-order valence-electron chi connectivity index (χ1n) is 7.37. The topological polar surface area (TPSA) is 36.9 Å². The van der Waals surface area contributed by atoms with Gasteiger partial charge in [0, 0.05) is 18.8 Å². The van der Waals surface area contributed by atoms with Crippen LogP contribution in [0, 0.1) is 0 Å². The summed E-state index contributed by atoms with van der Waals surface area (Å²) in [5.74, 6) is 1.85. The molecule has 0 spiro atoms. The molecule has 22 heavy (non-hydrogen) atoms. The Morgan fingerprint density at radius 2 is 2.05 bits per heavy atom. The van der Waals surface area contributed by atoms with Crippen molar-refractivity contribution in [1.29, 1.82) is 0 Å². The highest BCUT2D eigenvalue weighted by molar-refractivity contribution is 14.0. The van der Waals surface area contributed by atoms with Gasteiger partial charge in [0.2, 0.25) is 0 Å². The number of thioether (sulfide) groups is 1. The van der Waals surface area contributed by atoms with Crippen molar-refractivity contribution in [1.82, 2.24) is 10.2 Å². The molecule has 0 aliphatic carbocycles. The third-order valence-corrected chi connectivity index (χ3v) is 3.99. The van der Waals surface area contributed by atoms with Crippen LogP contribution in [0.15, 0.2) is 35.3 Å². The summed E-state index contributed by atoms with van der Waals surface area (Å²) in [6.07, 6.45) is 2.12. The number of para-hydroxylation sites is 1. The summed E-state index contributed by atoms with van der Waals surface area (Å²) in [6, 6.07) is 9.89. The second kappa shape index (κ2) is 12.9. The Morgan fingerprint density at radius 3 is 2.64 bits per heavy atom. The Bertz CT molecular complexity index is 417. The summed E-state index contributed by atoms with van der Waals surface area (Å²) in [7, 11) is 2.04. The summed E-state index contributed by atoms with van der Waals surface area (Å²) >= 11 is 1.83. The zero-order valence-electron chi connectivity index (χ0n) is 13.9. The average molecular weight is 437 g/mol. The van der Waals surface area contributed by atoms with Crippen LogP contribution in [0.3, 0.4) is 0 Å². The quantitative estimate of drug-likeness (QED) is 0.385. The van der Waals surface area contributed by atoms with Crippen LogP contribution in [0.1, 0.15) is 13.8 Å². The van der Waals surface area contributed by atoms with Crippen LogP contribution in [0.2, 0.25) is 0 Å². The molecule has 1 atom stereocenters. The van der Waals surface area contributed by atoms with Gasteiger partial charge >= 0.3 is 0 Å². The van der Waals surface area contributed by atoms with E-state index in [1.807, 2.05) is 49.1 Å². The lowest BCUT2D eigenvalue weighted by Crippen LogP contribution is -2.41. The molecule has 0 saturated carbocycles. The first kappa shape index (κ1) is 21.4. The standard InChI is InChI=1S/C16H27N3OS.HI/c1-5-17-16(18-13-14(2)21-4)19(3)11-12-20-15-9-7-6-8-10-15;/h6-10,14H,5,11-13H2,1-4H3,(H,17,18);1H. The monoisotopic (exact) mass is 437 g/mol. The number of halogens is 1. The molecule has 4 nitrogen and oxygen atoms in total. The summed E-state index contributed by atoms with van der Waals surface area (Å²) in [4.78, 5) is 6.78. The van der Waals surface area contributed by atoms with Crippen molar-refractivity contribution in [2.75, 3.05) is 39.5 Å². The second-order valence-electron chi connectivity index (χ2n) is 4.82. The number of rotatable bonds is 8. The van der Waals surface area contributed by atoms with Gasteiger partial charge in [-0.3, -0.25) is 4.99 Å². The zero-order chi connectivity index (χ0) is 15.5. The second-order valence-corrected chi connectivity index (χ2v) is 6.10. The molecular weight excluding hydrogens is 409 g/mol. The molecule has 0 amide bonds. The lowest BCUT2D eigenvalue weighted by molar-refractivity contribution is 0.281. The third kappa shape index (κ3) is 8.73. The number of nitrogens with zero attached hydrogens (tertiary/aromatic N) is 2. The smallest absolute Gasteiger partial charge is 0.193 e. The number of hydrogen-bond donors (Lipinski definition) is 1. The molecule has 0 aliphatic heterocycles. The Labute approximate surface area is 156 Å². The van der Waals surface area contributed by atoms with Crippen molar-refractivity contribution in [2.24, 2.45) is 4.99 Å². The number of benzene rings is 1. The van der Waals surface area contributed by atoms with Crippen molar-refractivity contribution in [2.45, 2.75) is 19.1 Å². The van der Waals surface area contributed by atoms with Crippen molar-refractivity contribution >= 4 is 41.7 Å². The fourth-order valence-electron chi connectivity index (χ4n) is 1.68. The van der Waals surface area contributed by atoms with Crippen LogP contribution in [0.25, 0.3) is 0 Å². The van der Waals surface area contributed by atoms with Crippen LogP contribution < -0.4 is 10.1 Å². The van der Waals surface area contributed by atoms with Gasteiger partial charge in [0.05, 0.1) is 13.1 Å². The molecule has 6 heteroatoms. The molecular formula is C16H28IN3OS. The van der Waals surface area contributed by atoms with E-state index in [-0.39, 0.29) is 24.0 Å². The maximum atomic E-state index is 5.72. The highest BCUT2D eigenvalue weighted by atomic mass is 127. The van der Waals surface area contributed by atoms with Crippen LogP contribution in [0.4, 0.5) is 0 Å². The first-order valence-corrected chi connectivity index (χ1v) is 8.66. The maximum Gasteiger partial charge on any atom is 0.193 e. The zero-order valence-corrected chi connectivity index (χ0v) is 17.1. The predicted octanol–water partition coefficient (Wildman–Crippen LogP) is 3.33. The van der Waals surface area contributed by atoms with Crippen LogP contribution in [-0.2, 0) is 0 Å². The Hall–Kier alpha value is -0.630. The Balaban J connectivity index is 0.00000441. The van der Waals surface area contributed by atoms with Crippen molar-refractivity contribution in [3.8, 4) is 5.75 Å². The van der Waals surface area contributed by atoms with E-state index in [4.69, 9.17) is 4.74 Å². The normalized spacial score (nSPS) is 12.3.